The van der Waals surface area contributed by atoms with Crippen LogP contribution in [-0.4, -0.2) is 34.3 Å². The minimum absolute atomic E-state index is 0.127. The van der Waals surface area contributed by atoms with Crippen molar-refractivity contribution in [3.63, 3.8) is 0 Å². The lowest BCUT2D eigenvalue weighted by Crippen LogP contribution is -2.45. The van der Waals surface area contributed by atoms with Gasteiger partial charge in [0.15, 0.2) is 0 Å². The monoisotopic (exact) mass is 357 g/mol. The van der Waals surface area contributed by atoms with E-state index in [9.17, 15) is 19.1 Å². The van der Waals surface area contributed by atoms with E-state index in [4.69, 9.17) is 5.73 Å². The average Bonchev–Trinajstić information content (AvgIpc) is 3.48. The Morgan fingerprint density at radius 3 is 2.73 bits per heavy atom. The highest BCUT2D eigenvalue weighted by atomic mass is 19.1. The van der Waals surface area contributed by atoms with Crippen LogP contribution in [0.5, 0.6) is 0 Å². The number of aromatic carboxylic acids is 1. The quantitative estimate of drug-likeness (QED) is 0.878. The maximum Gasteiger partial charge on any atom is 0.341 e. The maximum absolute atomic E-state index is 14.9. The molecule has 2 heterocycles. The molecule has 3 fully saturated rings. The molecule has 7 heteroatoms. The molecule has 0 amide bonds. The first-order valence-electron chi connectivity index (χ1n) is 9.03. The number of carboxylic acid groups (broad SMARTS) is 1. The van der Waals surface area contributed by atoms with Crippen LogP contribution in [0.1, 0.15) is 42.1 Å². The van der Waals surface area contributed by atoms with Gasteiger partial charge in [0, 0.05) is 36.3 Å². The minimum atomic E-state index is -1.28. The lowest BCUT2D eigenvalue weighted by Gasteiger charge is -2.33. The third-order valence-electron chi connectivity index (χ3n) is 6.12. The molecule has 0 bridgehead atoms. The van der Waals surface area contributed by atoms with Crippen molar-refractivity contribution in [1.29, 1.82) is 0 Å². The molecule has 136 valence electrons. The van der Waals surface area contributed by atoms with Gasteiger partial charge in [-0.1, -0.05) is 0 Å². The van der Waals surface area contributed by atoms with Crippen LogP contribution in [0, 0.1) is 11.7 Å². The first-order chi connectivity index (χ1) is 12.4. The Morgan fingerprint density at radius 1 is 1.31 bits per heavy atom. The van der Waals surface area contributed by atoms with E-state index in [0.29, 0.717) is 23.7 Å². The lowest BCUT2D eigenvalue weighted by atomic mass is 10.0. The number of carboxylic acids is 1. The Hall–Kier alpha value is -2.41. The first-order valence-corrected chi connectivity index (χ1v) is 9.03. The number of nitrogens with zero attached hydrogens (tertiary/aromatic N) is 2. The fourth-order valence-corrected chi connectivity index (χ4v) is 4.34. The summed E-state index contributed by atoms with van der Waals surface area (Å²) in [6, 6.07) is 3.06. The van der Waals surface area contributed by atoms with E-state index >= 15 is 0 Å². The molecule has 1 aromatic carbocycles. The number of fused-ring (bicyclic) bond motifs is 2. The van der Waals surface area contributed by atoms with Gasteiger partial charge in [-0.25, -0.2) is 9.18 Å². The molecular weight excluding hydrogens is 337 g/mol. The van der Waals surface area contributed by atoms with Crippen LogP contribution < -0.4 is 16.1 Å². The van der Waals surface area contributed by atoms with Crippen molar-refractivity contribution < 1.29 is 14.3 Å². The van der Waals surface area contributed by atoms with Crippen LogP contribution >= 0.6 is 0 Å². The molecule has 2 atom stereocenters. The number of halogens is 1. The molecule has 1 aromatic heterocycles. The molecule has 1 aliphatic heterocycles. The van der Waals surface area contributed by atoms with Crippen LogP contribution in [0.25, 0.3) is 10.9 Å². The van der Waals surface area contributed by atoms with Crippen LogP contribution in [-0.2, 0) is 0 Å². The van der Waals surface area contributed by atoms with E-state index in [1.54, 1.807) is 6.07 Å². The van der Waals surface area contributed by atoms with Crippen molar-refractivity contribution in [2.75, 3.05) is 18.0 Å². The minimum Gasteiger partial charge on any atom is -0.477 e. The number of anilines is 1. The molecule has 2 unspecified atom stereocenters. The number of aromatic nitrogens is 1. The summed E-state index contributed by atoms with van der Waals surface area (Å²) < 4.78 is 16.7. The van der Waals surface area contributed by atoms with Crippen LogP contribution in [0.15, 0.2) is 23.1 Å². The van der Waals surface area contributed by atoms with E-state index in [0.717, 1.165) is 32.2 Å². The highest BCUT2D eigenvalue weighted by Crippen LogP contribution is 2.48. The molecular formula is C19H20FN3O3. The van der Waals surface area contributed by atoms with E-state index < -0.39 is 17.2 Å². The van der Waals surface area contributed by atoms with Crippen LogP contribution in [0.3, 0.4) is 0 Å². The summed E-state index contributed by atoms with van der Waals surface area (Å²) in [4.78, 5) is 25.9. The van der Waals surface area contributed by atoms with Crippen molar-refractivity contribution in [2.24, 2.45) is 11.7 Å². The summed E-state index contributed by atoms with van der Waals surface area (Å²) in [5, 5.41) is 9.44. The molecule has 0 radical (unpaired) electrons. The first kappa shape index (κ1) is 15.8. The summed E-state index contributed by atoms with van der Waals surface area (Å²) in [6.07, 6.45) is 5.20. The molecule has 2 aromatic rings. The summed E-state index contributed by atoms with van der Waals surface area (Å²) in [5.41, 5.74) is 6.21. The predicted molar refractivity (Wildman–Crippen MR) is 95.3 cm³/mol. The van der Waals surface area contributed by atoms with Crippen LogP contribution in [0.4, 0.5) is 10.1 Å². The zero-order chi connectivity index (χ0) is 18.2. The smallest absolute Gasteiger partial charge is 0.341 e. The van der Waals surface area contributed by atoms with Gasteiger partial charge in [0.2, 0.25) is 5.43 Å². The number of nitrogens with two attached hydrogens (primary N) is 1. The van der Waals surface area contributed by atoms with Gasteiger partial charge in [-0.05, 0) is 43.7 Å². The molecule has 3 N–H and O–H groups in total. The van der Waals surface area contributed by atoms with Crippen molar-refractivity contribution >= 4 is 22.6 Å². The maximum atomic E-state index is 14.9. The number of hydrogen-bond donors (Lipinski definition) is 2. The summed E-state index contributed by atoms with van der Waals surface area (Å²) in [7, 11) is 0. The molecule has 5 rings (SSSR count). The third-order valence-corrected chi connectivity index (χ3v) is 6.12. The number of benzene rings is 1. The van der Waals surface area contributed by atoms with Crippen molar-refractivity contribution in [1.82, 2.24) is 4.57 Å². The highest BCUT2D eigenvalue weighted by molar-refractivity contribution is 5.93. The standard InChI is InChI=1S/C19H20FN3O3/c20-14-5-12-15(6-16(14)22-4-3-10-7-19(10,21)9-22)23(11-1-2-11)8-13(17(12)24)18(25)26/h5-6,8,10-11H,1-4,7,9,21H2,(H,25,26). The fraction of sp³-hybridized carbons (Fsp3) is 0.474. The van der Waals surface area contributed by atoms with E-state index in [1.807, 2.05) is 9.47 Å². The summed E-state index contributed by atoms with van der Waals surface area (Å²) in [5.74, 6) is -1.25. The van der Waals surface area contributed by atoms with Gasteiger partial charge in [-0.15, -0.1) is 0 Å². The number of hydrogen-bond acceptors (Lipinski definition) is 4. The Kier molecular flexibility index (Phi) is 3.08. The molecule has 26 heavy (non-hydrogen) atoms. The number of piperidine rings is 1. The van der Waals surface area contributed by atoms with Crippen LogP contribution in [0.2, 0.25) is 0 Å². The lowest BCUT2D eigenvalue weighted by molar-refractivity contribution is 0.0695. The van der Waals surface area contributed by atoms with E-state index in [1.165, 1.54) is 12.3 Å². The Morgan fingerprint density at radius 2 is 2.08 bits per heavy atom. The van der Waals surface area contributed by atoms with E-state index in [-0.39, 0.29) is 22.5 Å². The fourth-order valence-electron chi connectivity index (χ4n) is 4.34. The molecule has 2 saturated carbocycles. The number of carbonyl (C=O) groups is 1. The van der Waals surface area contributed by atoms with Gasteiger partial charge in [0.05, 0.1) is 11.2 Å². The van der Waals surface area contributed by atoms with Gasteiger partial charge in [0.1, 0.15) is 11.4 Å². The van der Waals surface area contributed by atoms with Gasteiger partial charge in [-0.3, -0.25) is 4.79 Å². The largest absolute Gasteiger partial charge is 0.477 e. The van der Waals surface area contributed by atoms with Gasteiger partial charge in [-0.2, -0.15) is 0 Å². The van der Waals surface area contributed by atoms with Crippen molar-refractivity contribution in [3.8, 4) is 0 Å². The second kappa shape index (κ2) is 5.07. The summed E-state index contributed by atoms with van der Waals surface area (Å²) in [6.45, 7) is 1.36. The topological polar surface area (TPSA) is 88.6 Å². The van der Waals surface area contributed by atoms with Crippen molar-refractivity contribution in [2.45, 2.75) is 37.3 Å². The highest BCUT2D eigenvalue weighted by Gasteiger charge is 2.54. The normalized spacial score (nSPS) is 27.5. The van der Waals surface area contributed by atoms with Gasteiger partial charge in [0.25, 0.3) is 0 Å². The molecule has 0 spiro atoms. The Bertz CT molecular complexity index is 1010. The molecule has 6 nitrogen and oxygen atoms in total. The second-order valence-corrected chi connectivity index (χ2v) is 7.98. The molecule has 1 saturated heterocycles. The van der Waals surface area contributed by atoms with Crippen molar-refractivity contribution in [3.05, 3.63) is 39.9 Å². The molecule has 3 aliphatic rings. The van der Waals surface area contributed by atoms with Gasteiger partial charge < -0.3 is 20.3 Å². The molecule has 2 aliphatic carbocycles. The Balaban J connectivity index is 1.69. The predicted octanol–water partition coefficient (Wildman–Crippen LogP) is 2.10. The zero-order valence-electron chi connectivity index (χ0n) is 14.2. The SMILES string of the molecule is NC12CC1CCN(c1cc3c(cc1F)c(=O)c(C(=O)O)cn3C1CC1)C2. The number of rotatable bonds is 3. The third kappa shape index (κ3) is 2.26. The summed E-state index contributed by atoms with van der Waals surface area (Å²) >= 11 is 0. The zero-order valence-corrected chi connectivity index (χ0v) is 14.2. The van der Waals surface area contributed by atoms with Gasteiger partial charge >= 0.3 is 5.97 Å². The van der Waals surface area contributed by atoms with E-state index in [2.05, 4.69) is 0 Å². The second-order valence-electron chi connectivity index (χ2n) is 7.98. The average molecular weight is 357 g/mol. The number of pyridine rings is 1. The Labute approximate surface area is 149 Å².